The Morgan fingerprint density at radius 1 is 1.19 bits per heavy atom. The molecular weight excluding hydrogens is 202 g/mol. The Morgan fingerprint density at radius 2 is 2.00 bits per heavy atom. The molecule has 2 aliphatic heterocycles. The Balaban J connectivity index is 1.59. The second kappa shape index (κ2) is 4.44. The maximum absolute atomic E-state index is 5.95. The number of ether oxygens (including phenoxy) is 2. The summed E-state index contributed by atoms with van der Waals surface area (Å²) in [5, 5.41) is 0. The van der Waals surface area contributed by atoms with Crippen LogP contribution in [-0.2, 0) is 11.2 Å². The molecule has 0 unspecified atom stereocenters. The third-order valence-corrected chi connectivity index (χ3v) is 3.43. The number of hydrogen-bond donors (Lipinski definition) is 1. The van der Waals surface area contributed by atoms with Crippen molar-refractivity contribution in [1.29, 1.82) is 0 Å². The van der Waals surface area contributed by atoms with Gasteiger partial charge in [0.1, 0.15) is 25.4 Å². The van der Waals surface area contributed by atoms with E-state index in [1.165, 1.54) is 5.56 Å². The van der Waals surface area contributed by atoms with Crippen molar-refractivity contribution in [2.24, 2.45) is 0 Å². The minimum absolute atomic E-state index is 0.366. The van der Waals surface area contributed by atoms with Crippen molar-refractivity contribution < 1.29 is 14.4 Å². The fourth-order valence-corrected chi connectivity index (χ4v) is 2.55. The Labute approximate surface area is 96.0 Å². The summed E-state index contributed by atoms with van der Waals surface area (Å²) in [5.41, 5.74) is 1.36. The molecule has 86 valence electrons. The number of quaternary nitrogens is 1. The molecule has 2 aliphatic rings. The lowest BCUT2D eigenvalue weighted by Gasteiger charge is -2.25. The molecule has 0 spiro atoms. The molecule has 1 saturated heterocycles. The van der Waals surface area contributed by atoms with E-state index in [-0.39, 0.29) is 0 Å². The van der Waals surface area contributed by atoms with Crippen LogP contribution >= 0.6 is 0 Å². The standard InChI is InChI=1S/C13H17NO2/c1-2-4-13-11(3-1)9-12(16-13)10-14-5-7-15-8-6-14/h1-4,12H,5-10H2/p+1/t12-/m1/s1. The molecule has 1 atom stereocenters. The van der Waals surface area contributed by atoms with Gasteiger partial charge >= 0.3 is 0 Å². The van der Waals surface area contributed by atoms with Gasteiger partial charge in [0.2, 0.25) is 0 Å². The molecule has 1 aromatic rings. The lowest BCUT2D eigenvalue weighted by molar-refractivity contribution is -0.910. The van der Waals surface area contributed by atoms with Crippen LogP contribution in [0.3, 0.4) is 0 Å². The van der Waals surface area contributed by atoms with Crippen molar-refractivity contribution in [2.45, 2.75) is 12.5 Å². The van der Waals surface area contributed by atoms with E-state index in [2.05, 4.69) is 18.2 Å². The van der Waals surface area contributed by atoms with Gasteiger partial charge in [-0.3, -0.25) is 0 Å². The Kier molecular flexibility index (Phi) is 2.80. The van der Waals surface area contributed by atoms with E-state index < -0.39 is 0 Å². The van der Waals surface area contributed by atoms with E-state index in [1.54, 1.807) is 4.90 Å². The topological polar surface area (TPSA) is 22.9 Å². The van der Waals surface area contributed by atoms with Crippen LogP contribution in [0.5, 0.6) is 5.75 Å². The summed E-state index contributed by atoms with van der Waals surface area (Å²) in [6.45, 7) is 5.15. The predicted octanol–water partition coefficient (Wildman–Crippen LogP) is -0.0948. The second-order valence-corrected chi connectivity index (χ2v) is 4.62. The maximum atomic E-state index is 5.95. The molecular formula is C13H18NO2+. The Bertz CT molecular complexity index is 336. The maximum Gasteiger partial charge on any atom is 0.151 e. The summed E-state index contributed by atoms with van der Waals surface area (Å²) in [4.78, 5) is 1.61. The van der Waals surface area contributed by atoms with Gasteiger partial charge in [-0.15, -0.1) is 0 Å². The molecule has 0 amide bonds. The molecule has 1 N–H and O–H groups in total. The zero-order valence-corrected chi connectivity index (χ0v) is 9.45. The third-order valence-electron chi connectivity index (χ3n) is 3.43. The van der Waals surface area contributed by atoms with Crippen molar-refractivity contribution in [1.82, 2.24) is 0 Å². The Hall–Kier alpha value is -1.06. The second-order valence-electron chi connectivity index (χ2n) is 4.62. The zero-order chi connectivity index (χ0) is 10.8. The van der Waals surface area contributed by atoms with Gasteiger partial charge in [0.05, 0.1) is 13.2 Å². The smallest absolute Gasteiger partial charge is 0.151 e. The zero-order valence-electron chi connectivity index (χ0n) is 9.45. The molecule has 0 aliphatic carbocycles. The molecule has 1 fully saturated rings. The van der Waals surface area contributed by atoms with Crippen molar-refractivity contribution >= 4 is 0 Å². The number of nitrogens with one attached hydrogen (secondary N) is 1. The van der Waals surface area contributed by atoms with Crippen LogP contribution in [-0.4, -0.2) is 39.0 Å². The Morgan fingerprint density at radius 3 is 2.81 bits per heavy atom. The SMILES string of the molecule is c1ccc2c(c1)C[C@H](C[NH+]1CCOCC1)O2. The van der Waals surface area contributed by atoms with Crippen LogP contribution in [0.2, 0.25) is 0 Å². The molecule has 0 radical (unpaired) electrons. The summed E-state index contributed by atoms with van der Waals surface area (Å²) in [6.07, 6.45) is 1.44. The number of hydrogen-bond acceptors (Lipinski definition) is 2. The lowest BCUT2D eigenvalue weighted by Crippen LogP contribution is -3.15. The van der Waals surface area contributed by atoms with Gasteiger partial charge < -0.3 is 14.4 Å². The van der Waals surface area contributed by atoms with Gasteiger partial charge in [-0.2, -0.15) is 0 Å². The van der Waals surface area contributed by atoms with Gasteiger partial charge in [-0.05, 0) is 11.6 Å². The highest BCUT2D eigenvalue weighted by atomic mass is 16.5. The minimum atomic E-state index is 0.366. The summed E-state index contributed by atoms with van der Waals surface area (Å²) < 4.78 is 11.3. The first-order valence-electron chi connectivity index (χ1n) is 6.08. The van der Waals surface area contributed by atoms with Crippen LogP contribution in [0.25, 0.3) is 0 Å². The average molecular weight is 220 g/mol. The van der Waals surface area contributed by atoms with E-state index in [0.717, 1.165) is 45.0 Å². The van der Waals surface area contributed by atoms with Crippen LogP contribution in [0, 0.1) is 0 Å². The first-order chi connectivity index (χ1) is 7.92. The molecule has 1 aromatic carbocycles. The summed E-state index contributed by atoms with van der Waals surface area (Å²) in [6, 6.07) is 8.38. The van der Waals surface area contributed by atoms with Crippen molar-refractivity contribution in [2.75, 3.05) is 32.8 Å². The number of fused-ring (bicyclic) bond motifs is 1. The van der Waals surface area contributed by atoms with Crippen molar-refractivity contribution in [3.8, 4) is 5.75 Å². The van der Waals surface area contributed by atoms with Crippen LogP contribution < -0.4 is 9.64 Å². The molecule has 2 heterocycles. The summed E-state index contributed by atoms with van der Waals surface area (Å²) >= 11 is 0. The van der Waals surface area contributed by atoms with E-state index in [4.69, 9.17) is 9.47 Å². The molecule has 3 rings (SSSR count). The molecule has 0 aromatic heterocycles. The first-order valence-corrected chi connectivity index (χ1v) is 6.08. The van der Waals surface area contributed by atoms with E-state index in [0.29, 0.717) is 6.10 Å². The van der Waals surface area contributed by atoms with E-state index in [9.17, 15) is 0 Å². The van der Waals surface area contributed by atoms with Crippen molar-refractivity contribution in [3.63, 3.8) is 0 Å². The van der Waals surface area contributed by atoms with E-state index >= 15 is 0 Å². The van der Waals surface area contributed by atoms with Crippen molar-refractivity contribution in [3.05, 3.63) is 29.8 Å². The number of para-hydroxylation sites is 1. The normalized spacial score (nSPS) is 25.1. The van der Waals surface area contributed by atoms with E-state index in [1.807, 2.05) is 6.07 Å². The van der Waals surface area contributed by atoms with Gasteiger partial charge in [0, 0.05) is 6.42 Å². The molecule has 3 nitrogen and oxygen atoms in total. The number of morpholine rings is 1. The van der Waals surface area contributed by atoms with Gasteiger partial charge in [-0.1, -0.05) is 18.2 Å². The summed E-state index contributed by atoms with van der Waals surface area (Å²) in [5.74, 6) is 1.08. The van der Waals surface area contributed by atoms with Gasteiger partial charge in [-0.25, -0.2) is 0 Å². The minimum Gasteiger partial charge on any atom is -0.484 e. The first kappa shape index (κ1) is 10.1. The highest BCUT2D eigenvalue weighted by Gasteiger charge is 2.27. The largest absolute Gasteiger partial charge is 0.484 e. The summed E-state index contributed by atoms with van der Waals surface area (Å²) in [7, 11) is 0. The fraction of sp³-hybridized carbons (Fsp3) is 0.538. The molecule has 3 heteroatoms. The molecule has 0 bridgehead atoms. The van der Waals surface area contributed by atoms with Crippen LogP contribution in [0.15, 0.2) is 24.3 Å². The quantitative estimate of drug-likeness (QED) is 0.752. The number of benzene rings is 1. The fourth-order valence-electron chi connectivity index (χ4n) is 2.55. The van der Waals surface area contributed by atoms with Gasteiger partial charge in [0.15, 0.2) is 6.10 Å². The average Bonchev–Trinajstić information content (AvgIpc) is 2.72. The van der Waals surface area contributed by atoms with Crippen LogP contribution in [0.1, 0.15) is 5.56 Å². The highest BCUT2D eigenvalue weighted by molar-refractivity contribution is 5.37. The molecule has 16 heavy (non-hydrogen) atoms. The highest BCUT2D eigenvalue weighted by Crippen LogP contribution is 2.27. The third kappa shape index (κ3) is 2.06. The van der Waals surface area contributed by atoms with Gasteiger partial charge in [0.25, 0.3) is 0 Å². The number of rotatable bonds is 2. The monoisotopic (exact) mass is 220 g/mol. The molecule has 0 saturated carbocycles. The van der Waals surface area contributed by atoms with Crippen LogP contribution in [0.4, 0.5) is 0 Å². The lowest BCUT2D eigenvalue weighted by atomic mass is 10.1. The predicted molar refractivity (Wildman–Crippen MR) is 60.9 cm³/mol.